The maximum Gasteiger partial charge on any atom is 0.166 e. The van der Waals surface area contributed by atoms with E-state index in [2.05, 4.69) is 35.1 Å². The number of hydrogen-bond donors (Lipinski definition) is 2. The van der Waals surface area contributed by atoms with Crippen LogP contribution in [0.25, 0.3) is 0 Å². The summed E-state index contributed by atoms with van der Waals surface area (Å²) in [4.78, 5) is 0. The Morgan fingerprint density at radius 2 is 2.29 bits per heavy atom. The summed E-state index contributed by atoms with van der Waals surface area (Å²) in [7, 11) is 2.02. The summed E-state index contributed by atoms with van der Waals surface area (Å²) in [6.07, 6.45) is 2.02. The Morgan fingerprint density at radius 1 is 1.57 bits per heavy atom. The summed E-state index contributed by atoms with van der Waals surface area (Å²) in [6, 6.07) is 4.48. The lowest BCUT2D eigenvalue weighted by molar-refractivity contribution is 0.701. The highest BCUT2D eigenvalue weighted by molar-refractivity contribution is 7.80. The van der Waals surface area contributed by atoms with E-state index in [1.54, 1.807) is 0 Å². The van der Waals surface area contributed by atoms with Gasteiger partial charge in [-0.15, -0.1) is 0 Å². The zero-order valence-electron chi connectivity index (χ0n) is 8.87. The second-order valence-corrected chi connectivity index (χ2v) is 4.00. The van der Waals surface area contributed by atoms with Crippen LogP contribution in [0.1, 0.15) is 19.5 Å². The Labute approximate surface area is 90.5 Å². The number of aryl methyl sites for hydroxylation is 1. The van der Waals surface area contributed by atoms with Crippen LogP contribution >= 0.6 is 12.2 Å². The molecule has 0 aliphatic rings. The van der Waals surface area contributed by atoms with Gasteiger partial charge in [-0.3, -0.25) is 0 Å². The van der Waals surface area contributed by atoms with Crippen molar-refractivity contribution in [1.29, 1.82) is 0 Å². The monoisotopic (exact) mass is 211 g/mol. The van der Waals surface area contributed by atoms with Crippen LogP contribution in [-0.2, 0) is 13.6 Å². The summed E-state index contributed by atoms with van der Waals surface area (Å²) in [6.45, 7) is 4.90. The van der Waals surface area contributed by atoms with Crippen LogP contribution in [0.4, 0.5) is 0 Å². The molecule has 1 rings (SSSR count). The first-order valence-corrected chi connectivity index (χ1v) is 5.15. The lowest BCUT2D eigenvalue weighted by Crippen LogP contribution is -2.39. The lowest BCUT2D eigenvalue weighted by Gasteiger charge is -2.13. The average molecular weight is 211 g/mol. The first-order valence-electron chi connectivity index (χ1n) is 4.74. The van der Waals surface area contributed by atoms with Gasteiger partial charge in [0.1, 0.15) is 0 Å². The molecule has 14 heavy (non-hydrogen) atoms. The summed E-state index contributed by atoms with van der Waals surface area (Å²) in [5.41, 5.74) is 1.22. The topological polar surface area (TPSA) is 29.0 Å². The Bertz CT molecular complexity index is 304. The van der Waals surface area contributed by atoms with Gasteiger partial charge < -0.3 is 15.2 Å². The van der Waals surface area contributed by atoms with E-state index in [1.165, 1.54) is 5.69 Å². The van der Waals surface area contributed by atoms with E-state index >= 15 is 0 Å². The Morgan fingerprint density at radius 3 is 2.79 bits per heavy atom. The van der Waals surface area contributed by atoms with E-state index in [1.807, 2.05) is 19.3 Å². The molecule has 0 spiro atoms. The molecular weight excluding hydrogens is 194 g/mol. The van der Waals surface area contributed by atoms with Crippen molar-refractivity contribution in [2.24, 2.45) is 7.05 Å². The number of hydrogen-bond acceptors (Lipinski definition) is 1. The predicted molar refractivity (Wildman–Crippen MR) is 63.1 cm³/mol. The fourth-order valence-corrected chi connectivity index (χ4v) is 1.47. The van der Waals surface area contributed by atoms with Gasteiger partial charge in [0.05, 0.1) is 6.54 Å². The van der Waals surface area contributed by atoms with Crippen molar-refractivity contribution in [2.45, 2.75) is 26.4 Å². The molecule has 1 heterocycles. The van der Waals surface area contributed by atoms with Crippen molar-refractivity contribution in [2.75, 3.05) is 0 Å². The fourth-order valence-electron chi connectivity index (χ4n) is 1.16. The van der Waals surface area contributed by atoms with Crippen LogP contribution in [0, 0.1) is 0 Å². The third kappa shape index (κ3) is 3.38. The van der Waals surface area contributed by atoms with Crippen LogP contribution in [0.15, 0.2) is 18.3 Å². The molecule has 0 saturated carbocycles. The van der Waals surface area contributed by atoms with Gasteiger partial charge in [0, 0.05) is 25.0 Å². The molecule has 0 unspecified atom stereocenters. The summed E-state index contributed by atoms with van der Waals surface area (Å²) >= 11 is 5.12. The maximum absolute atomic E-state index is 5.12. The SMILES string of the molecule is CC(C)NC(=S)NCc1cccn1C. The van der Waals surface area contributed by atoms with Crippen LogP contribution in [-0.4, -0.2) is 15.7 Å². The number of thiocarbonyl (C=S) groups is 1. The van der Waals surface area contributed by atoms with E-state index in [-0.39, 0.29) is 0 Å². The second-order valence-electron chi connectivity index (χ2n) is 3.59. The van der Waals surface area contributed by atoms with Gasteiger partial charge in [0.25, 0.3) is 0 Å². The van der Waals surface area contributed by atoms with Crippen molar-refractivity contribution in [3.63, 3.8) is 0 Å². The number of nitrogens with zero attached hydrogens (tertiary/aromatic N) is 1. The van der Waals surface area contributed by atoms with Crippen molar-refractivity contribution in [3.8, 4) is 0 Å². The van der Waals surface area contributed by atoms with E-state index in [9.17, 15) is 0 Å². The zero-order valence-corrected chi connectivity index (χ0v) is 9.69. The molecular formula is C10H17N3S. The Hall–Kier alpha value is -1.03. The molecule has 3 nitrogen and oxygen atoms in total. The Kier molecular flexibility index (Phi) is 3.95. The minimum Gasteiger partial charge on any atom is -0.361 e. The van der Waals surface area contributed by atoms with Crippen molar-refractivity contribution in [3.05, 3.63) is 24.0 Å². The molecule has 0 fully saturated rings. The van der Waals surface area contributed by atoms with E-state index < -0.39 is 0 Å². The molecule has 1 aromatic rings. The van der Waals surface area contributed by atoms with Crippen molar-refractivity contribution < 1.29 is 0 Å². The van der Waals surface area contributed by atoms with E-state index in [0.29, 0.717) is 11.2 Å². The highest BCUT2D eigenvalue weighted by Gasteiger charge is 1.99. The van der Waals surface area contributed by atoms with Crippen molar-refractivity contribution in [1.82, 2.24) is 15.2 Å². The normalized spacial score (nSPS) is 10.3. The fraction of sp³-hybridized carbons (Fsp3) is 0.500. The van der Waals surface area contributed by atoms with Crippen LogP contribution in [0.5, 0.6) is 0 Å². The minimum atomic E-state index is 0.378. The van der Waals surface area contributed by atoms with Gasteiger partial charge in [-0.1, -0.05) is 0 Å². The first kappa shape index (κ1) is 11.0. The third-order valence-corrected chi connectivity index (χ3v) is 2.16. The molecule has 0 saturated heterocycles. The highest BCUT2D eigenvalue weighted by atomic mass is 32.1. The number of aromatic nitrogens is 1. The van der Waals surface area contributed by atoms with Gasteiger partial charge in [-0.25, -0.2) is 0 Å². The summed E-state index contributed by atoms with van der Waals surface area (Å²) < 4.78 is 2.07. The maximum atomic E-state index is 5.12. The average Bonchev–Trinajstić information content (AvgIpc) is 2.46. The molecule has 0 aliphatic heterocycles. The summed E-state index contributed by atoms with van der Waals surface area (Å²) in [5, 5.41) is 7.00. The molecule has 0 radical (unpaired) electrons. The largest absolute Gasteiger partial charge is 0.361 e. The van der Waals surface area contributed by atoms with Crippen LogP contribution < -0.4 is 10.6 Å². The molecule has 4 heteroatoms. The molecule has 0 amide bonds. The van der Waals surface area contributed by atoms with Gasteiger partial charge in [-0.2, -0.15) is 0 Å². The second kappa shape index (κ2) is 5.00. The quantitative estimate of drug-likeness (QED) is 0.741. The minimum absolute atomic E-state index is 0.378. The molecule has 2 N–H and O–H groups in total. The smallest absolute Gasteiger partial charge is 0.166 e. The predicted octanol–water partition coefficient (Wildman–Crippen LogP) is 1.40. The van der Waals surface area contributed by atoms with Gasteiger partial charge in [-0.05, 0) is 38.2 Å². The highest BCUT2D eigenvalue weighted by Crippen LogP contribution is 1.98. The molecule has 0 aliphatic carbocycles. The molecule has 0 aromatic carbocycles. The van der Waals surface area contributed by atoms with Gasteiger partial charge in [0.15, 0.2) is 5.11 Å². The van der Waals surface area contributed by atoms with E-state index in [0.717, 1.165) is 6.54 Å². The van der Waals surface area contributed by atoms with Crippen LogP contribution in [0.3, 0.4) is 0 Å². The number of nitrogens with one attached hydrogen (secondary N) is 2. The third-order valence-electron chi connectivity index (χ3n) is 1.90. The van der Waals surface area contributed by atoms with Crippen LogP contribution in [0.2, 0.25) is 0 Å². The van der Waals surface area contributed by atoms with E-state index in [4.69, 9.17) is 12.2 Å². The molecule has 78 valence electrons. The molecule has 1 aromatic heterocycles. The molecule has 0 bridgehead atoms. The Balaban J connectivity index is 2.34. The zero-order chi connectivity index (χ0) is 10.6. The van der Waals surface area contributed by atoms with Gasteiger partial charge >= 0.3 is 0 Å². The van der Waals surface area contributed by atoms with Crippen molar-refractivity contribution >= 4 is 17.3 Å². The first-order chi connectivity index (χ1) is 6.59. The number of rotatable bonds is 3. The lowest BCUT2D eigenvalue weighted by atomic mass is 10.4. The molecule has 0 atom stereocenters. The van der Waals surface area contributed by atoms with Gasteiger partial charge in [0.2, 0.25) is 0 Å². The summed E-state index contributed by atoms with van der Waals surface area (Å²) in [5.74, 6) is 0. The standard InChI is InChI=1S/C10H17N3S/c1-8(2)12-10(14)11-7-9-5-4-6-13(9)3/h4-6,8H,7H2,1-3H3,(H2,11,12,14).